The Labute approximate surface area is 216 Å². The maximum Gasteiger partial charge on any atom is 0.173 e. The van der Waals surface area contributed by atoms with Crippen molar-refractivity contribution in [2.45, 2.75) is 58.4 Å². The summed E-state index contributed by atoms with van der Waals surface area (Å²) < 4.78 is 8.02. The van der Waals surface area contributed by atoms with Crippen LogP contribution in [0.15, 0.2) is 54.6 Å². The number of thiophene rings is 1. The predicted octanol–water partition coefficient (Wildman–Crippen LogP) is 7.68. The van der Waals surface area contributed by atoms with E-state index in [1.807, 2.05) is 68.4 Å². The Morgan fingerprint density at radius 1 is 1.08 bits per heavy atom. The SMILES string of the molecule is CCC(=O)c1ccc2c(c1)nc(-c1ccccc1OC)n2[C@H]1CCC[C@@H](CC(=O)c2ccc(C)s2)C1. The molecule has 0 N–H and O–H groups in total. The number of imidazole rings is 1. The van der Waals surface area contributed by atoms with E-state index in [-0.39, 0.29) is 17.6 Å². The van der Waals surface area contributed by atoms with E-state index in [1.54, 1.807) is 18.4 Å². The topological polar surface area (TPSA) is 61.2 Å². The van der Waals surface area contributed by atoms with Gasteiger partial charge in [0.05, 0.1) is 28.6 Å². The predicted molar refractivity (Wildman–Crippen MR) is 145 cm³/mol. The summed E-state index contributed by atoms with van der Waals surface area (Å²) in [6.45, 7) is 3.92. The molecule has 2 aromatic heterocycles. The lowest BCUT2D eigenvalue weighted by atomic mass is 9.82. The van der Waals surface area contributed by atoms with E-state index in [2.05, 4.69) is 4.57 Å². The molecule has 186 valence electrons. The van der Waals surface area contributed by atoms with E-state index in [1.165, 1.54) is 4.88 Å². The Morgan fingerprint density at radius 2 is 1.92 bits per heavy atom. The van der Waals surface area contributed by atoms with Crippen LogP contribution < -0.4 is 4.74 Å². The molecule has 1 fully saturated rings. The van der Waals surface area contributed by atoms with Crippen molar-refractivity contribution < 1.29 is 14.3 Å². The van der Waals surface area contributed by atoms with Crippen LogP contribution in [0, 0.1) is 12.8 Å². The van der Waals surface area contributed by atoms with Crippen LogP contribution >= 0.6 is 11.3 Å². The minimum Gasteiger partial charge on any atom is -0.496 e. The lowest BCUT2D eigenvalue weighted by Crippen LogP contribution is -2.22. The minimum absolute atomic E-state index is 0.116. The molecule has 5 nitrogen and oxygen atoms in total. The Hall–Kier alpha value is -3.25. The van der Waals surface area contributed by atoms with Gasteiger partial charge in [-0.2, -0.15) is 0 Å². The van der Waals surface area contributed by atoms with Gasteiger partial charge in [-0.3, -0.25) is 9.59 Å². The summed E-state index contributed by atoms with van der Waals surface area (Å²) in [5, 5.41) is 0. The molecule has 6 heteroatoms. The Balaban J connectivity index is 1.53. The number of aryl methyl sites for hydroxylation is 1. The van der Waals surface area contributed by atoms with Crippen LogP contribution in [-0.2, 0) is 0 Å². The van der Waals surface area contributed by atoms with Gasteiger partial charge in [-0.05, 0) is 74.6 Å². The molecule has 0 radical (unpaired) electrons. The average molecular weight is 501 g/mol. The van der Waals surface area contributed by atoms with E-state index in [9.17, 15) is 9.59 Å². The highest BCUT2D eigenvalue weighted by molar-refractivity contribution is 7.14. The summed E-state index contributed by atoms with van der Waals surface area (Å²) in [5.41, 5.74) is 3.48. The molecule has 0 amide bonds. The molecule has 5 rings (SSSR count). The second kappa shape index (κ2) is 10.4. The van der Waals surface area contributed by atoms with E-state index in [4.69, 9.17) is 9.72 Å². The van der Waals surface area contributed by atoms with Gasteiger partial charge >= 0.3 is 0 Å². The van der Waals surface area contributed by atoms with Gasteiger partial charge in [-0.1, -0.05) is 25.5 Å². The number of benzene rings is 2. The minimum atomic E-state index is 0.116. The first kappa shape index (κ1) is 24.4. The quantitative estimate of drug-likeness (QED) is 0.233. The van der Waals surface area contributed by atoms with Crippen LogP contribution in [0.2, 0.25) is 0 Å². The maximum atomic E-state index is 13.0. The smallest absolute Gasteiger partial charge is 0.173 e. The Bertz CT molecular complexity index is 1420. The number of rotatable bonds is 8. The second-order valence-corrected chi connectivity index (χ2v) is 11.0. The van der Waals surface area contributed by atoms with Crippen LogP contribution in [-0.4, -0.2) is 28.2 Å². The molecule has 0 saturated heterocycles. The van der Waals surface area contributed by atoms with E-state index in [0.717, 1.165) is 58.7 Å². The summed E-state index contributed by atoms with van der Waals surface area (Å²) in [6.07, 6.45) is 5.16. The van der Waals surface area contributed by atoms with Gasteiger partial charge in [0, 0.05) is 29.3 Å². The van der Waals surface area contributed by atoms with Crippen molar-refractivity contribution >= 4 is 33.9 Å². The maximum absolute atomic E-state index is 13.0. The lowest BCUT2D eigenvalue weighted by Gasteiger charge is -2.31. The number of ketones is 2. The van der Waals surface area contributed by atoms with Gasteiger partial charge in [0.25, 0.3) is 0 Å². The summed E-state index contributed by atoms with van der Waals surface area (Å²) >= 11 is 1.59. The average Bonchev–Trinajstić information content (AvgIpc) is 3.51. The van der Waals surface area contributed by atoms with Crippen LogP contribution in [0.1, 0.15) is 76.4 Å². The molecule has 2 aromatic carbocycles. The molecular formula is C30H32N2O3S. The van der Waals surface area contributed by atoms with Crippen molar-refractivity contribution in [3.05, 3.63) is 69.9 Å². The molecule has 4 aromatic rings. The molecule has 0 unspecified atom stereocenters. The summed E-state index contributed by atoms with van der Waals surface area (Å²) in [4.78, 5) is 32.5. The van der Waals surface area contributed by atoms with Gasteiger partial charge in [-0.15, -0.1) is 11.3 Å². The summed E-state index contributed by atoms with van der Waals surface area (Å²) in [6, 6.07) is 18.0. The fraction of sp³-hybridized carbons (Fsp3) is 0.367. The molecular weight excluding hydrogens is 468 g/mol. The van der Waals surface area contributed by atoms with E-state index < -0.39 is 0 Å². The number of fused-ring (bicyclic) bond motifs is 1. The number of hydrogen-bond acceptors (Lipinski definition) is 5. The standard InChI is InChI=1S/C30H32N2O3S/c1-4-26(33)21-13-14-25-24(18-21)31-30(23-10-5-6-11-28(23)35-3)32(25)22-9-7-8-20(16-22)17-27(34)29-15-12-19(2)36-29/h5-6,10-15,18,20,22H,4,7-9,16-17H2,1-3H3/t20-,22+/m1/s1. The van der Waals surface area contributed by atoms with Crippen LogP contribution in [0.25, 0.3) is 22.4 Å². The fourth-order valence-corrected chi connectivity index (χ4v) is 6.31. The Morgan fingerprint density at radius 3 is 2.67 bits per heavy atom. The number of methoxy groups -OCH3 is 1. The van der Waals surface area contributed by atoms with Crippen molar-refractivity contribution in [3.63, 3.8) is 0 Å². The molecule has 2 heterocycles. The highest BCUT2D eigenvalue weighted by atomic mass is 32.1. The highest BCUT2D eigenvalue weighted by Crippen LogP contribution is 2.41. The second-order valence-electron chi connectivity index (χ2n) is 9.71. The number of para-hydroxylation sites is 1. The zero-order valence-electron chi connectivity index (χ0n) is 21.1. The number of carbonyl (C=O) groups excluding carboxylic acids is 2. The van der Waals surface area contributed by atoms with Crippen molar-refractivity contribution in [2.75, 3.05) is 7.11 Å². The Kier molecular flexibility index (Phi) is 7.06. The van der Waals surface area contributed by atoms with Gasteiger partial charge < -0.3 is 9.30 Å². The third kappa shape index (κ3) is 4.74. The number of aromatic nitrogens is 2. The normalized spacial score (nSPS) is 17.9. The molecule has 36 heavy (non-hydrogen) atoms. The van der Waals surface area contributed by atoms with Crippen molar-refractivity contribution in [2.24, 2.45) is 5.92 Å². The van der Waals surface area contributed by atoms with Crippen LogP contribution in [0.5, 0.6) is 5.75 Å². The summed E-state index contributed by atoms with van der Waals surface area (Å²) in [5.74, 6) is 2.33. The van der Waals surface area contributed by atoms with Crippen molar-refractivity contribution in [3.8, 4) is 17.1 Å². The van der Waals surface area contributed by atoms with Crippen LogP contribution in [0.3, 0.4) is 0 Å². The molecule has 1 aliphatic rings. The molecule has 1 saturated carbocycles. The highest BCUT2D eigenvalue weighted by Gasteiger charge is 2.29. The monoisotopic (exact) mass is 500 g/mol. The number of nitrogens with zero attached hydrogens (tertiary/aromatic N) is 2. The largest absolute Gasteiger partial charge is 0.496 e. The van der Waals surface area contributed by atoms with E-state index >= 15 is 0 Å². The first-order valence-electron chi connectivity index (χ1n) is 12.8. The van der Waals surface area contributed by atoms with Crippen molar-refractivity contribution in [1.82, 2.24) is 9.55 Å². The van der Waals surface area contributed by atoms with Crippen molar-refractivity contribution in [1.29, 1.82) is 0 Å². The number of ether oxygens (including phenoxy) is 1. The number of hydrogen-bond donors (Lipinski definition) is 0. The number of Topliss-reactive ketones (excluding diaryl/α,β-unsaturated/α-hetero) is 2. The third-order valence-electron chi connectivity index (χ3n) is 7.29. The molecule has 2 atom stereocenters. The summed E-state index contributed by atoms with van der Waals surface area (Å²) in [7, 11) is 1.68. The molecule has 0 aliphatic heterocycles. The van der Waals surface area contributed by atoms with Gasteiger partial charge in [-0.25, -0.2) is 4.98 Å². The first-order valence-corrected chi connectivity index (χ1v) is 13.6. The lowest BCUT2D eigenvalue weighted by molar-refractivity contribution is 0.0944. The third-order valence-corrected chi connectivity index (χ3v) is 8.33. The zero-order chi connectivity index (χ0) is 25.2. The molecule has 1 aliphatic carbocycles. The van der Waals surface area contributed by atoms with Gasteiger partial charge in [0.1, 0.15) is 11.6 Å². The van der Waals surface area contributed by atoms with Gasteiger partial charge in [0.15, 0.2) is 11.6 Å². The first-order chi connectivity index (χ1) is 17.5. The van der Waals surface area contributed by atoms with E-state index in [0.29, 0.717) is 24.3 Å². The molecule has 0 bridgehead atoms. The van der Waals surface area contributed by atoms with Crippen LogP contribution in [0.4, 0.5) is 0 Å². The fourth-order valence-electron chi connectivity index (χ4n) is 5.50. The van der Waals surface area contributed by atoms with Gasteiger partial charge in [0.2, 0.25) is 0 Å². The molecule has 0 spiro atoms. The zero-order valence-corrected chi connectivity index (χ0v) is 21.9. The number of carbonyl (C=O) groups is 2.